The Bertz CT molecular complexity index is 1270. The Morgan fingerprint density at radius 3 is 2.77 bits per heavy atom. The van der Waals surface area contributed by atoms with Crippen LogP contribution in [-0.2, 0) is 23.0 Å². The number of thiazole rings is 1. The molecule has 0 atom stereocenters. The molecule has 4 heterocycles. The van der Waals surface area contributed by atoms with E-state index in [1.807, 2.05) is 0 Å². The number of sulfonamides is 1. The molecule has 0 spiro atoms. The fourth-order valence-corrected chi connectivity index (χ4v) is 5.92. The Hall–Kier alpha value is -2.96. The number of hydrogen-bond donors (Lipinski definition) is 1. The molecule has 5 rings (SSSR count). The standard InChI is InChI=1S/C19H18N4O6S2/c1-11-8-14(22-29-11)18(24)21-19-20-13-4-5-23(10-17(13)30-19)31(25,26)12-2-3-15-16(9-12)28-7-6-27-15/h2-3,8-9H,4-7,10H2,1H3,(H,20,21,24). The van der Waals surface area contributed by atoms with Crippen LogP contribution in [0.2, 0.25) is 0 Å². The second-order valence-electron chi connectivity index (χ2n) is 7.06. The summed E-state index contributed by atoms with van der Waals surface area (Å²) in [6.07, 6.45) is 0.453. The number of amides is 1. The van der Waals surface area contributed by atoms with Crippen LogP contribution in [0.3, 0.4) is 0 Å². The molecule has 2 aliphatic rings. The topological polar surface area (TPSA) is 124 Å². The highest BCUT2D eigenvalue weighted by molar-refractivity contribution is 7.89. The van der Waals surface area contributed by atoms with Gasteiger partial charge in [-0.2, -0.15) is 4.31 Å². The molecule has 0 bridgehead atoms. The van der Waals surface area contributed by atoms with Crippen molar-refractivity contribution >= 4 is 32.4 Å². The Kier molecular flexibility index (Phi) is 4.91. The van der Waals surface area contributed by atoms with Gasteiger partial charge in [0.1, 0.15) is 19.0 Å². The van der Waals surface area contributed by atoms with Crippen LogP contribution in [0.4, 0.5) is 5.13 Å². The number of benzene rings is 1. The largest absolute Gasteiger partial charge is 0.486 e. The van der Waals surface area contributed by atoms with Gasteiger partial charge >= 0.3 is 0 Å². The average molecular weight is 463 g/mol. The zero-order valence-corrected chi connectivity index (χ0v) is 18.1. The van der Waals surface area contributed by atoms with Crippen LogP contribution in [0.5, 0.6) is 11.5 Å². The minimum atomic E-state index is -3.73. The number of anilines is 1. The van der Waals surface area contributed by atoms with Crippen molar-refractivity contribution in [3.05, 3.63) is 46.3 Å². The Morgan fingerprint density at radius 2 is 2.00 bits per heavy atom. The van der Waals surface area contributed by atoms with E-state index in [9.17, 15) is 13.2 Å². The lowest BCUT2D eigenvalue weighted by atomic mass is 10.2. The van der Waals surface area contributed by atoms with Crippen LogP contribution >= 0.6 is 11.3 Å². The van der Waals surface area contributed by atoms with Crippen molar-refractivity contribution in [2.24, 2.45) is 0 Å². The molecular weight excluding hydrogens is 444 g/mol. The predicted molar refractivity (Wildman–Crippen MR) is 110 cm³/mol. The van der Waals surface area contributed by atoms with Gasteiger partial charge in [0.25, 0.3) is 5.91 Å². The molecule has 10 nitrogen and oxygen atoms in total. The van der Waals surface area contributed by atoms with Gasteiger partial charge in [-0.3, -0.25) is 10.1 Å². The number of aryl methyl sites for hydroxylation is 1. The molecule has 0 fully saturated rings. The summed E-state index contributed by atoms with van der Waals surface area (Å²) in [6, 6.07) is 6.17. The molecule has 1 amide bonds. The summed E-state index contributed by atoms with van der Waals surface area (Å²) in [5.74, 6) is 1.07. The zero-order chi connectivity index (χ0) is 21.6. The first-order valence-electron chi connectivity index (χ1n) is 9.53. The first-order chi connectivity index (χ1) is 14.9. The van der Waals surface area contributed by atoms with Gasteiger partial charge in [-0.15, -0.1) is 11.3 Å². The lowest BCUT2D eigenvalue weighted by Gasteiger charge is -2.26. The van der Waals surface area contributed by atoms with Gasteiger partial charge in [-0.05, 0) is 19.1 Å². The number of carbonyl (C=O) groups excluding carboxylic acids is 1. The molecule has 0 saturated carbocycles. The number of ether oxygens (including phenoxy) is 2. The lowest BCUT2D eigenvalue weighted by Crippen LogP contribution is -2.35. The summed E-state index contributed by atoms with van der Waals surface area (Å²) in [5.41, 5.74) is 0.943. The maximum atomic E-state index is 13.2. The highest BCUT2D eigenvalue weighted by Crippen LogP contribution is 2.35. The quantitative estimate of drug-likeness (QED) is 0.626. The molecule has 12 heteroatoms. The molecule has 0 radical (unpaired) electrons. The van der Waals surface area contributed by atoms with Crippen molar-refractivity contribution in [2.45, 2.75) is 24.8 Å². The third-order valence-corrected chi connectivity index (χ3v) is 7.77. The summed E-state index contributed by atoms with van der Waals surface area (Å²) < 4.78 is 43.7. The number of nitrogens with zero attached hydrogens (tertiary/aromatic N) is 3. The van der Waals surface area contributed by atoms with Crippen molar-refractivity contribution in [1.82, 2.24) is 14.4 Å². The molecule has 2 aromatic heterocycles. The fourth-order valence-electron chi connectivity index (χ4n) is 3.40. The van der Waals surface area contributed by atoms with Gasteiger partial charge < -0.3 is 14.0 Å². The summed E-state index contributed by atoms with van der Waals surface area (Å²) in [4.78, 5) is 17.7. The average Bonchev–Trinajstić information content (AvgIpc) is 3.38. The van der Waals surface area contributed by atoms with Gasteiger partial charge in [-0.25, -0.2) is 13.4 Å². The first kappa shape index (κ1) is 20.0. The molecule has 2 aliphatic heterocycles. The lowest BCUT2D eigenvalue weighted by molar-refractivity contribution is 0.101. The number of fused-ring (bicyclic) bond motifs is 2. The van der Waals surface area contributed by atoms with E-state index < -0.39 is 15.9 Å². The highest BCUT2D eigenvalue weighted by Gasteiger charge is 2.31. The van der Waals surface area contributed by atoms with E-state index in [4.69, 9.17) is 14.0 Å². The summed E-state index contributed by atoms with van der Waals surface area (Å²) in [7, 11) is -3.73. The Morgan fingerprint density at radius 1 is 1.19 bits per heavy atom. The van der Waals surface area contributed by atoms with Crippen molar-refractivity contribution in [2.75, 3.05) is 25.1 Å². The van der Waals surface area contributed by atoms with Crippen molar-refractivity contribution in [3.63, 3.8) is 0 Å². The van der Waals surface area contributed by atoms with E-state index in [-0.39, 0.29) is 17.1 Å². The van der Waals surface area contributed by atoms with Gasteiger partial charge in [0.05, 0.1) is 17.1 Å². The maximum Gasteiger partial charge on any atom is 0.279 e. The van der Waals surface area contributed by atoms with Gasteiger partial charge in [-0.1, -0.05) is 5.16 Å². The third kappa shape index (κ3) is 3.77. The van der Waals surface area contributed by atoms with Crippen LogP contribution in [0.25, 0.3) is 0 Å². The van der Waals surface area contributed by atoms with Crippen LogP contribution in [0.1, 0.15) is 26.8 Å². The Balaban J connectivity index is 1.34. The monoisotopic (exact) mass is 462 g/mol. The van der Waals surface area contributed by atoms with Crippen LogP contribution < -0.4 is 14.8 Å². The van der Waals surface area contributed by atoms with Gasteiger partial charge in [0.15, 0.2) is 22.3 Å². The number of rotatable bonds is 4. The van der Waals surface area contributed by atoms with E-state index in [0.29, 0.717) is 48.6 Å². The second-order valence-corrected chi connectivity index (χ2v) is 10.1. The van der Waals surface area contributed by atoms with Gasteiger partial charge in [0.2, 0.25) is 10.0 Å². The molecule has 0 aliphatic carbocycles. The second kappa shape index (κ2) is 7.62. The third-order valence-electron chi connectivity index (χ3n) is 4.93. The molecule has 1 aromatic carbocycles. The van der Waals surface area contributed by atoms with Crippen molar-refractivity contribution < 1.29 is 27.2 Å². The molecule has 1 N–H and O–H groups in total. The molecule has 162 valence electrons. The van der Waals surface area contributed by atoms with Crippen LogP contribution in [-0.4, -0.2) is 48.5 Å². The first-order valence-corrected chi connectivity index (χ1v) is 11.8. The van der Waals surface area contributed by atoms with Crippen LogP contribution in [0.15, 0.2) is 33.7 Å². The Labute approximate surface area is 181 Å². The smallest absolute Gasteiger partial charge is 0.279 e. The number of carbonyl (C=O) groups is 1. The predicted octanol–water partition coefficient (Wildman–Crippen LogP) is 2.21. The van der Waals surface area contributed by atoms with E-state index in [0.717, 1.165) is 10.6 Å². The molecule has 0 unspecified atom stereocenters. The van der Waals surface area contributed by atoms with Crippen LogP contribution in [0, 0.1) is 6.92 Å². The maximum absolute atomic E-state index is 13.2. The molecule has 31 heavy (non-hydrogen) atoms. The van der Waals surface area contributed by atoms with E-state index >= 15 is 0 Å². The van der Waals surface area contributed by atoms with E-state index in [1.165, 1.54) is 33.8 Å². The number of nitrogens with one attached hydrogen (secondary N) is 1. The summed E-state index contributed by atoms with van der Waals surface area (Å²) in [5, 5.41) is 6.78. The number of hydrogen-bond acceptors (Lipinski definition) is 9. The van der Waals surface area contributed by atoms with Crippen molar-refractivity contribution in [3.8, 4) is 11.5 Å². The van der Waals surface area contributed by atoms with Gasteiger partial charge in [0, 0.05) is 30.0 Å². The summed E-state index contributed by atoms with van der Waals surface area (Å²) >= 11 is 1.25. The SMILES string of the molecule is Cc1cc(C(=O)Nc2nc3c(s2)CN(S(=O)(=O)c2ccc4c(c2)OCCO4)CC3)no1. The highest BCUT2D eigenvalue weighted by atomic mass is 32.2. The normalized spacial score (nSPS) is 16.0. The molecular formula is C19H18N4O6S2. The minimum Gasteiger partial charge on any atom is -0.486 e. The van der Waals surface area contributed by atoms with E-state index in [2.05, 4.69) is 15.5 Å². The number of aromatic nitrogens is 2. The van der Waals surface area contributed by atoms with Crippen molar-refractivity contribution in [1.29, 1.82) is 0 Å². The molecule has 0 saturated heterocycles. The summed E-state index contributed by atoms with van der Waals surface area (Å²) in [6.45, 7) is 3.00. The zero-order valence-electron chi connectivity index (χ0n) is 16.5. The molecule has 3 aromatic rings. The van der Waals surface area contributed by atoms with E-state index in [1.54, 1.807) is 13.0 Å². The fraction of sp³-hybridized carbons (Fsp3) is 0.316. The minimum absolute atomic E-state index is 0.152.